The summed E-state index contributed by atoms with van der Waals surface area (Å²) in [5, 5.41) is 3.23. The molecule has 0 aliphatic carbocycles. The smallest absolute Gasteiger partial charge is 0.211 e. The van der Waals surface area contributed by atoms with Crippen LogP contribution >= 0.6 is 0 Å². The van der Waals surface area contributed by atoms with Crippen molar-refractivity contribution in [1.82, 2.24) is 9.62 Å². The summed E-state index contributed by atoms with van der Waals surface area (Å²) >= 11 is 0. The first kappa shape index (κ1) is 10.9. The van der Waals surface area contributed by atoms with Crippen LogP contribution in [-0.2, 0) is 10.0 Å². The van der Waals surface area contributed by atoms with Gasteiger partial charge in [0.1, 0.15) is 0 Å². The molecule has 1 rings (SSSR count). The number of sulfonamides is 1. The summed E-state index contributed by atoms with van der Waals surface area (Å²) in [5.74, 6) is 0. The van der Waals surface area contributed by atoms with E-state index >= 15 is 0 Å². The Hall–Kier alpha value is -0.130. The Morgan fingerprint density at radius 3 is 2.08 bits per heavy atom. The minimum absolute atomic E-state index is 0.112. The van der Waals surface area contributed by atoms with Gasteiger partial charge in [0, 0.05) is 18.6 Å². The Morgan fingerprint density at radius 2 is 1.77 bits per heavy atom. The number of nitrogens with one attached hydrogen (secondary N) is 1. The molecule has 1 saturated heterocycles. The normalized spacial score (nSPS) is 24.5. The van der Waals surface area contributed by atoms with Crippen LogP contribution in [0, 0.1) is 0 Å². The van der Waals surface area contributed by atoms with E-state index < -0.39 is 10.0 Å². The van der Waals surface area contributed by atoms with Crippen LogP contribution in [0.4, 0.5) is 0 Å². The van der Waals surface area contributed by atoms with Gasteiger partial charge >= 0.3 is 0 Å². The lowest BCUT2D eigenvalue weighted by Crippen LogP contribution is -2.51. The number of hydrogen-bond donors (Lipinski definition) is 1. The van der Waals surface area contributed by atoms with Gasteiger partial charge in [0.05, 0.1) is 6.26 Å². The van der Waals surface area contributed by atoms with Crippen LogP contribution in [0.5, 0.6) is 0 Å². The van der Waals surface area contributed by atoms with Crippen molar-refractivity contribution >= 4 is 10.0 Å². The second-order valence-electron chi connectivity index (χ2n) is 3.97. The first-order chi connectivity index (χ1) is 5.87. The molecule has 0 aromatic carbocycles. The SMILES string of the molecule is CNC1(C)CCN(S(C)(=O)=O)CC1. The molecule has 1 aliphatic rings. The Labute approximate surface area is 80.4 Å². The van der Waals surface area contributed by atoms with Gasteiger partial charge in [0.25, 0.3) is 0 Å². The maximum atomic E-state index is 11.2. The molecule has 78 valence electrons. The Morgan fingerprint density at radius 1 is 1.31 bits per heavy atom. The van der Waals surface area contributed by atoms with Crippen LogP contribution in [0.25, 0.3) is 0 Å². The second-order valence-corrected chi connectivity index (χ2v) is 5.96. The summed E-state index contributed by atoms with van der Waals surface area (Å²) in [5.41, 5.74) is 0.112. The third-order valence-electron chi connectivity index (χ3n) is 2.90. The average Bonchev–Trinajstić information content (AvgIpc) is 2.04. The van der Waals surface area contributed by atoms with Crippen molar-refractivity contribution in [3.05, 3.63) is 0 Å². The molecule has 1 N–H and O–H groups in total. The van der Waals surface area contributed by atoms with E-state index in [9.17, 15) is 8.42 Å². The molecule has 1 heterocycles. The van der Waals surface area contributed by atoms with Crippen molar-refractivity contribution in [2.45, 2.75) is 25.3 Å². The first-order valence-electron chi connectivity index (χ1n) is 4.51. The van der Waals surface area contributed by atoms with E-state index in [-0.39, 0.29) is 5.54 Å². The minimum atomic E-state index is -2.98. The monoisotopic (exact) mass is 206 g/mol. The van der Waals surface area contributed by atoms with E-state index in [2.05, 4.69) is 12.2 Å². The van der Waals surface area contributed by atoms with Gasteiger partial charge in [-0.15, -0.1) is 0 Å². The van der Waals surface area contributed by atoms with Gasteiger partial charge in [-0.1, -0.05) is 0 Å². The van der Waals surface area contributed by atoms with Crippen LogP contribution < -0.4 is 5.32 Å². The van der Waals surface area contributed by atoms with Crippen LogP contribution in [0.1, 0.15) is 19.8 Å². The second kappa shape index (κ2) is 3.55. The Balaban J connectivity index is 2.58. The lowest BCUT2D eigenvalue weighted by Gasteiger charge is -2.38. The Bertz CT molecular complexity index is 266. The predicted octanol–water partition coefficient (Wildman–Crippen LogP) is 0.0199. The zero-order valence-corrected chi connectivity index (χ0v) is 9.32. The van der Waals surface area contributed by atoms with E-state index in [1.165, 1.54) is 6.26 Å². The molecular formula is C8H18N2O2S. The van der Waals surface area contributed by atoms with E-state index in [4.69, 9.17) is 0 Å². The van der Waals surface area contributed by atoms with E-state index in [1.54, 1.807) is 4.31 Å². The maximum Gasteiger partial charge on any atom is 0.211 e. The van der Waals surface area contributed by atoms with Crippen LogP contribution in [-0.4, -0.2) is 44.7 Å². The molecule has 0 unspecified atom stereocenters. The molecule has 1 fully saturated rings. The minimum Gasteiger partial charge on any atom is -0.314 e. The van der Waals surface area contributed by atoms with Crippen molar-refractivity contribution in [1.29, 1.82) is 0 Å². The van der Waals surface area contributed by atoms with Crippen molar-refractivity contribution in [3.63, 3.8) is 0 Å². The van der Waals surface area contributed by atoms with Crippen molar-refractivity contribution in [2.24, 2.45) is 0 Å². The van der Waals surface area contributed by atoms with E-state index in [1.807, 2.05) is 7.05 Å². The van der Waals surface area contributed by atoms with Crippen molar-refractivity contribution in [2.75, 3.05) is 26.4 Å². The highest BCUT2D eigenvalue weighted by molar-refractivity contribution is 7.88. The highest BCUT2D eigenvalue weighted by atomic mass is 32.2. The molecule has 1 aliphatic heterocycles. The summed E-state index contributed by atoms with van der Waals surface area (Å²) in [7, 11) is -1.05. The van der Waals surface area contributed by atoms with Crippen LogP contribution in [0.15, 0.2) is 0 Å². The molecule has 0 aromatic heterocycles. The quantitative estimate of drug-likeness (QED) is 0.693. The van der Waals surface area contributed by atoms with E-state index in [0.29, 0.717) is 13.1 Å². The fourth-order valence-electron chi connectivity index (χ4n) is 1.56. The molecule has 0 bridgehead atoms. The van der Waals surface area contributed by atoms with E-state index in [0.717, 1.165) is 12.8 Å². The molecule has 5 heteroatoms. The summed E-state index contributed by atoms with van der Waals surface area (Å²) in [6.45, 7) is 3.40. The van der Waals surface area contributed by atoms with Crippen molar-refractivity contribution in [3.8, 4) is 0 Å². The largest absolute Gasteiger partial charge is 0.314 e. The molecule has 0 radical (unpaired) electrons. The molecule has 4 nitrogen and oxygen atoms in total. The summed E-state index contributed by atoms with van der Waals surface area (Å²) < 4.78 is 23.9. The highest BCUT2D eigenvalue weighted by Crippen LogP contribution is 2.22. The van der Waals surface area contributed by atoms with Crippen molar-refractivity contribution < 1.29 is 8.42 Å². The van der Waals surface area contributed by atoms with Gasteiger partial charge in [-0.05, 0) is 26.8 Å². The predicted molar refractivity (Wildman–Crippen MR) is 53.1 cm³/mol. The first-order valence-corrected chi connectivity index (χ1v) is 6.36. The highest BCUT2D eigenvalue weighted by Gasteiger charge is 2.31. The van der Waals surface area contributed by atoms with Crippen LogP contribution in [0.3, 0.4) is 0 Å². The van der Waals surface area contributed by atoms with Gasteiger partial charge in [-0.2, -0.15) is 0 Å². The number of nitrogens with zero attached hydrogens (tertiary/aromatic N) is 1. The molecule has 0 aromatic rings. The zero-order valence-electron chi connectivity index (χ0n) is 8.50. The van der Waals surface area contributed by atoms with Gasteiger partial charge in [-0.3, -0.25) is 0 Å². The number of piperidine rings is 1. The zero-order chi connectivity index (χ0) is 10.1. The number of hydrogen-bond acceptors (Lipinski definition) is 3. The van der Waals surface area contributed by atoms with Gasteiger partial charge < -0.3 is 5.32 Å². The molecule has 13 heavy (non-hydrogen) atoms. The fraction of sp³-hybridized carbons (Fsp3) is 1.00. The standard InChI is InChI=1S/C8H18N2O2S/c1-8(9-2)4-6-10(7-5-8)13(3,11)12/h9H,4-7H2,1-3H3. The summed E-state index contributed by atoms with van der Waals surface area (Å²) in [6.07, 6.45) is 3.04. The average molecular weight is 206 g/mol. The molecule has 0 saturated carbocycles. The van der Waals surface area contributed by atoms with Gasteiger partial charge in [0.2, 0.25) is 10.0 Å². The van der Waals surface area contributed by atoms with Gasteiger partial charge in [0.15, 0.2) is 0 Å². The number of rotatable bonds is 2. The maximum absolute atomic E-state index is 11.2. The molecule has 0 atom stereocenters. The molecule has 0 spiro atoms. The Kier molecular flexibility index (Phi) is 2.99. The molecular weight excluding hydrogens is 188 g/mol. The topological polar surface area (TPSA) is 49.4 Å². The third-order valence-corrected chi connectivity index (χ3v) is 4.20. The van der Waals surface area contributed by atoms with Gasteiger partial charge in [-0.25, -0.2) is 12.7 Å². The fourth-order valence-corrected chi connectivity index (χ4v) is 2.41. The summed E-state index contributed by atoms with van der Waals surface area (Å²) in [4.78, 5) is 0. The third kappa shape index (κ3) is 2.65. The lowest BCUT2D eigenvalue weighted by atomic mass is 9.91. The van der Waals surface area contributed by atoms with Crippen LogP contribution in [0.2, 0.25) is 0 Å². The molecule has 0 amide bonds. The summed E-state index contributed by atoms with van der Waals surface area (Å²) in [6, 6.07) is 0. The lowest BCUT2D eigenvalue weighted by molar-refractivity contribution is 0.220.